The van der Waals surface area contributed by atoms with E-state index in [-0.39, 0.29) is 12.0 Å². The van der Waals surface area contributed by atoms with Gasteiger partial charge in [-0.3, -0.25) is 0 Å². The summed E-state index contributed by atoms with van der Waals surface area (Å²) < 4.78 is 5.43. The molecule has 20 heavy (non-hydrogen) atoms. The predicted molar refractivity (Wildman–Crippen MR) is 82.9 cm³/mol. The second-order valence-corrected chi connectivity index (χ2v) is 5.99. The number of ether oxygens (including phenoxy) is 1. The minimum absolute atomic E-state index is 0.253. The summed E-state index contributed by atoms with van der Waals surface area (Å²) in [5.74, 6) is 0.253. The Labute approximate surface area is 122 Å². The van der Waals surface area contributed by atoms with Crippen LogP contribution in [0.3, 0.4) is 0 Å². The predicted octanol–water partition coefficient (Wildman–Crippen LogP) is 4.21. The van der Waals surface area contributed by atoms with Crippen molar-refractivity contribution < 1.29 is 9.53 Å². The van der Waals surface area contributed by atoms with Gasteiger partial charge in [-0.2, -0.15) is 0 Å². The number of hydrogen-bond donors (Lipinski definition) is 0. The van der Waals surface area contributed by atoms with E-state index in [4.69, 9.17) is 4.74 Å². The third kappa shape index (κ3) is 5.47. The molecule has 0 bridgehead atoms. The fourth-order valence-corrected chi connectivity index (χ4v) is 1.92. The second kappa shape index (κ2) is 7.13. The van der Waals surface area contributed by atoms with Gasteiger partial charge >= 0.3 is 6.09 Å². The number of hydrogen-bond acceptors (Lipinski definition) is 2. The van der Waals surface area contributed by atoms with Crippen LogP contribution in [0, 0.1) is 0 Å². The largest absolute Gasteiger partial charge is 0.444 e. The normalized spacial score (nSPS) is 12.6. The zero-order chi connectivity index (χ0) is 15.2. The number of rotatable bonds is 5. The fourth-order valence-electron chi connectivity index (χ4n) is 1.92. The average Bonchev–Trinajstić information content (AvgIpc) is 2.37. The lowest BCUT2D eigenvalue weighted by molar-refractivity contribution is 0.0263. The van der Waals surface area contributed by atoms with E-state index in [1.54, 1.807) is 11.0 Å². The Morgan fingerprint density at radius 2 is 1.95 bits per heavy atom. The van der Waals surface area contributed by atoms with E-state index in [1.807, 2.05) is 39.0 Å². The van der Waals surface area contributed by atoms with Crippen molar-refractivity contribution in [2.75, 3.05) is 13.1 Å². The van der Waals surface area contributed by atoms with Crippen molar-refractivity contribution in [3.05, 3.63) is 48.6 Å². The van der Waals surface area contributed by atoms with Gasteiger partial charge in [0.05, 0.1) is 0 Å². The Morgan fingerprint density at radius 1 is 1.35 bits per heavy atom. The molecule has 0 saturated heterocycles. The molecule has 1 amide bonds. The van der Waals surface area contributed by atoms with E-state index in [2.05, 4.69) is 25.6 Å². The molecule has 0 aliphatic carbocycles. The van der Waals surface area contributed by atoms with Crippen molar-refractivity contribution >= 4 is 6.09 Å². The molecule has 1 aromatic carbocycles. The average molecular weight is 275 g/mol. The van der Waals surface area contributed by atoms with Gasteiger partial charge < -0.3 is 9.64 Å². The smallest absolute Gasteiger partial charge is 0.410 e. The zero-order valence-electron chi connectivity index (χ0n) is 12.9. The molecule has 0 aliphatic heterocycles. The number of amides is 1. The van der Waals surface area contributed by atoms with E-state index in [1.165, 1.54) is 5.56 Å². The van der Waals surface area contributed by atoms with Crippen LogP contribution in [-0.4, -0.2) is 29.7 Å². The lowest BCUT2D eigenvalue weighted by atomic mass is 10.0. The summed E-state index contributed by atoms with van der Waals surface area (Å²) in [5.41, 5.74) is 0.733. The summed E-state index contributed by atoms with van der Waals surface area (Å²) in [5, 5.41) is 0. The molecule has 0 saturated carbocycles. The van der Waals surface area contributed by atoms with Crippen molar-refractivity contribution in [1.29, 1.82) is 0 Å². The maximum absolute atomic E-state index is 12.2. The molecule has 0 aliphatic rings. The van der Waals surface area contributed by atoms with Gasteiger partial charge in [0.2, 0.25) is 0 Å². The molecule has 0 fully saturated rings. The van der Waals surface area contributed by atoms with Gasteiger partial charge in [0.15, 0.2) is 0 Å². The second-order valence-electron chi connectivity index (χ2n) is 5.99. The number of benzene rings is 1. The molecule has 1 unspecified atom stereocenters. The quantitative estimate of drug-likeness (QED) is 0.753. The highest BCUT2D eigenvalue weighted by atomic mass is 16.6. The topological polar surface area (TPSA) is 29.5 Å². The zero-order valence-corrected chi connectivity index (χ0v) is 12.9. The van der Waals surface area contributed by atoms with Crippen LogP contribution in [-0.2, 0) is 4.74 Å². The summed E-state index contributed by atoms with van der Waals surface area (Å²) in [7, 11) is 0. The maximum atomic E-state index is 12.2. The van der Waals surface area contributed by atoms with Gasteiger partial charge in [0, 0.05) is 13.1 Å². The van der Waals surface area contributed by atoms with Gasteiger partial charge in [0.1, 0.15) is 5.60 Å². The number of carbonyl (C=O) groups excluding carboxylic acids is 1. The van der Waals surface area contributed by atoms with E-state index in [9.17, 15) is 4.79 Å². The van der Waals surface area contributed by atoms with Crippen LogP contribution in [0.5, 0.6) is 0 Å². The van der Waals surface area contributed by atoms with Crippen LogP contribution in [0.15, 0.2) is 43.0 Å². The minimum Gasteiger partial charge on any atom is -0.444 e. The number of nitrogens with zero attached hydrogens (tertiary/aromatic N) is 1. The first kappa shape index (κ1) is 16.3. The standard InChI is InChI=1S/C17H25NO2/c1-6-12-18(16(19)20-17(3,4)5)13-14(2)15-10-8-7-9-11-15/h6-11,14H,1,12-13H2,2-5H3. The Hall–Kier alpha value is -1.77. The molecule has 0 spiro atoms. The SMILES string of the molecule is C=CCN(CC(C)c1ccccc1)C(=O)OC(C)(C)C. The van der Waals surface area contributed by atoms with Crippen LogP contribution < -0.4 is 0 Å². The third-order valence-electron chi connectivity index (χ3n) is 2.86. The van der Waals surface area contributed by atoms with Gasteiger partial charge in [-0.05, 0) is 32.3 Å². The molecule has 3 heteroatoms. The molecular weight excluding hydrogens is 250 g/mol. The third-order valence-corrected chi connectivity index (χ3v) is 2.86. The van der Waals surface area contributed by atoms with Crippen LogP contribution >= 0.6 is 0 Å². The van der Waals surface area contributed by atoms with Crippen LogP contribution in [0.4, 0.5) is 4.79 Å². The lowest BCUT2D eigenvalue weighted by Gasteiger charge is -2.28. The van der Waals surface area contributed by atoms with Gasteiger partial charge in [0.25, 0.3) is 0 Å². The Bertz CT molecular complexity index is 434. The molecule has 0 aromatic heterocycles. The molecule has 0 radical (unpaired) electrons. The summed E-state index contributed by atoms with van der Waals surface area (Å²) in [6.07, 6.45) is 1.43. The van der Waals surface area contributed by atoms with Crippen molar-refractivity contribution in [3.8, 4) is 0 Å². The first-order chi connectivity index (χ1) is 9.33. The van der Waals surface area contributed by atoms with Crippen molar-refractivity contribution in [1.82, 2.24) is 4.90 Å². The number of carbonyl (C=O) groups is 1. The molecule has 3 nitrogen and oxygen atoms in total. The Morgan fingerprint density at radius 3 is 2.45 bits per heavy atom. The molecule has 1 rings (SSSR count). The molecular formula is C17H25NO2. The van der Waals surface area contributed by atoms with E-state index in [0.29, 0.717) is 13.1 Å². The summed E-state index contributed by atoms with van der Waals surface area (Å²) >= 11 is 0. The molecule has 1 aromatic rings. The Balaban J connectivity index is 2.72. The van der Waals surface area contributed by atoms with E-state index >= 15 is 0 Å². The van der Waals surface area contributed by atoms with Crippen molar-refractivity contribution in [2.24, 2.45) is 0 Å². The Kier molecular flexibility index (Phi) is 5.81. The molecule has 0 heterocycles. The van der Waals surface area contributed by atoms with Crippen molar-refractivity contribution in [2.45, 2.75) is 39.2 Å². The van der Waals surface area contributed by atoms with Crippen LogP contribution in [0.25, 0.3) is 0 Å². The van der Waals surface area contributed by atoms with Crippen LogP contribution in [0.2, 0.25) is 0 Å². The highest BCUT2D eigenvalue weighted by Gasteiger charge is 2.23. The van der Waals surface area contributed by atoms with Gasteiger partial charge in [-0.1, -0.05) is 43.3 Å². The monoisotopic (exact) mass is 275 g/mol. The highest BCUT2D eigenvalue weighted by molar-refractivity contribution is 5.68. The molecule has 1 atom stereocenters. The minimum atomic E-state index is -0.480. The fraction of sp³-hybridized carbons (Fsp3) is 0.471. The highest BCUT2D eigenvalue weighted by Crippen LogP contribution is 2.18. The van der Waals surface area contributed by atoms with E-state index in [0.717, 1.165) is 0 Å². The summed E-state index contributed by atoms with van der Waals surface area (Å²) in [6, 6.07) is 10.2. The first-order valence-corrected chi connectivity index (χ1v) is 6.97. The van der Waals surface area contributed by atoms with E-state index < -0.39 is 5.60 Å². The maximum Gasteiger partial charge on any atom is 0.410 e. The summed E-state index contributed by atoms with van der Waals surface area (Å²) in [4.78, 5) is 13.9. The summed E-state index contributed by atoms with van der Waals surface area (Å²) in [6.45, 7) is 12.5. The molecule has 0 N–H and O–H groups in total. The van der Waals surface area contributed by atoms with Crippen LogP contribution in [0.1, 0.15) is 39.2 Å². The lowest BCUT2D eigenvalue weighted by Crippen LogP contribution is -2.38. The molecule has 110 valence electrons. The first-order valence-electron chi connectivity index (χ1n) is 6.97. The van der Waals surface area contributed by atoms with Crippen molar-refractivity contribution in [3.63, 3.8) is 0 Å². The van der Waals surface area contributed by atoms with Gasteiger partial charge in [-0.25, -0.2) is 4.79 Å². The van der Waals surface area contributed by atoms with Gasteiger partial charge in [-0.15, -0.1) is 6.58 Å².